The summed E-state index contributed by atoms with van der Waals surface area (Å²) in [6, 6.07) is 2.09. The lowest BCUT2D eigenvalue weighted by Crippen LogP contribution is -2.16. The Hall–Kier alpha value is 0.470. The van der Waals surface area contributed by atoms with Crippen LogP contribution in [0, 0.1) is 0 Å². The van der Waals surface area contributed by atoms with E-state index < -0.39 is 0 Å². The van der Waals surface area contributed by atoms with Crippen molar-refractivity contribution in [2.45, 2.75) is 25.7 Å². The maximum absolute atomic E-state index is 5.74. The standard InChI is InChI=1S/C9H12BrClS/c1-9(2,4-5-11)8-7(10)3-6-12-8/h3,6H,4-5H2,1-2H3. The predicted molar refractivity (Wildman–Crippen MR) is 60.4 cm³/mol. The Labute approximate surface area is 91.1 Å². The fourth-order valence-electron chi connectivity index (χ4n) is 1.13. The monoisotopic (exact) mass is 266 g/mol. The quantitative estimate of drug-likeness (QED) is 0.711. The highest BCUT2D eigenvalue weighted by atomic mass is 79.9. The molecular weight excluding hydrogens is 256 g/mol. The van der Waals surface area contributed by atoms with Crippen molar-refractivity contribution in [1.82, 2.24) is 0 Å². The fraction of sp³-hybridized carbons (Fsp3) is 0.556. The SMILES string of the molecule is CC(C)(CCCl)c1sccc1Br. The second-order valence-electron chi connectivity index (χ2n) is 3.42. The summed E-state index contributed by atoms with van der Waals surface area (Å²) in [5, 5.41) is 2.11. The maximum atomic E-state index is 5.74. The van der Waals surface area contributed by atoms with Gasteiger partial charge in [0.25, 0.3) is 0 Å². The van der Waals surface area contributed by atoms with Crippen LogP contribution in [0.25, 0.3) is 0 Å². The molecule has 0 saturated carbocycles. The van der Waals surface area contributed by atoms with Gasteiger partial charge in [-0.3, -0.25) is 0 Å². The van der Waals surface area contributed by atoms with Gasteiger partial charge in [0.15, 0.2) is 0 Å². The van der Waals surface area contributed by atoms with Gasteiger partial charge in [0, 0.05) is 20.6 Å². The van der Waals surface area contributed by atoms with Gasteiger partial charge in [-0.2, -0.15) is 0 Å². The molecule has 0 nitrogen and oxygen atoms in total. The van der Waals surface area contributed by atoms with Crippen molar-refractivity contribution < 1.29 is 0 Å². The molecule has 0 atom stereocenters. The van der Waals surface area contributed by atoms with Gasteiger partial charge in [0.05, 0.1) is 0 Å². The zero-order valence-electron chi connectivity index (χ0n) is 7.23. The third-order valence-electron chi connectivity index (χ3n) is 1.95. The number of halogens is 2. The number of hydrogen-bond acceptors (Lipinski definition) is 1. The largest absolute Gasteiger partial charge is 0.147 e. The Morgan fingerprint density at radius 2 is 2.25 bits per heavy atom. The van der Waals surface area contributed by atoms with E-state index in [1.807, 2.05) is 0 Å². The molecule has 0 aliphatic heterocycles. The summed E-state index contributed by atoms with van der Waals surface area (Å²) in [5.74, 6) is 0.720. The van der Waals surface area contributed by atoms with Crippen molar-refractivity contribution in [2.75, 3.05) is 5.88 Å². The van der Waals surface area contributed by atoms with E-state index in [2.05, 4.69) is 41.2 Å². The van der Waals surface area contributed by atoms with E-state index in [1.54, 1.807) is 11.3 Å². The number of alkyl halides is 1. The third-order valence-corrected chi connectivity index (χ3v) is 4.34. The summed E-state index contributed by atoms with van der Waals surface area (Å²) >= 11 is 11.1. The van der Waals surface area contributed by atoms with Crippen LogP contribution >= 0.6 is 38.9 Å². The smallest absolute Gasteiger partial charge is 0.0319 e. The molecule has 0 spiro atoms. The third kappa shape index (κ3) is 2.24. The highest BCUT2D eigenvalue weighted by molar-refractivity contribution is 9.10. The summed E-state index contributed by atoms with van der Waals surface area (Å²) in [5.41, 5.74) is 0.203. The molecule has 0 aromatic carbocycles. The Morgan fingerprint density at radius 1 is 1.58 bits per heavy atom. The van der Waals surface area contributed by atoms with Crippen molar-refractivity contribution in [3.8, 4) is 0 Å². The summed E-state index contributed by atoms with van der Waals surface area (Å²) in [6.07, 6.45) is 1.02. The second-order valence-corrected chi connectivity index (χ2v) is 5.57. The summed E-state index contributed by atoms with van der Waals surface area (Å²) < 4.78 is 1.21. The van der Waals surface area contributed by atoms with E-state index in [4.69, 9.17) is 11.6 Å². The Morgan fingerprint density at radius 3 is 2.67 bits per heavy atom. The highest BCUT2D eigenvalue weighted by Gasteiger charge is 2.23. The minimum Gasteiger partial charge on any atom is -0.147 e. The molecule has 0 aliphatic rings. The van der Waals surface area contributed by atoms with Crippen LogP contribution in [0.3, 0.4) is 0 Å². The molecule has 1 rings (SSSR count). The van der Waals surface area contributed by atoms with E-state index in [9.17, 15) is 0 Å². The van der Waals surface area contributed by atoms with Crippen LogP contribution in [0.4, 0.5) is 0 Å². The lowest BCUT2D eigenvalue weighted by molar-refractivity contribution is 0.518. The first kappa shape index (κ1) is 10.6. The molecule has 0 aliphatic carbocycles. The van der Waals surface area contributed by atoms with Gasteiger partial charge >= 0.3 is 0 Å². The highest BCUT2D eigenvalue weighted by Crippen LogP contribution is 2.36. The zero-order chi connectivity index (χ0) is 9.19. The molecule has 1 aromatic rings. The lowest BCUT2D eigenvalue weighted by atomic mass is 9.88. The molecule has 1 heterocycles. The summed E-state index contributed by atoms with van der Waals surface area (Å²) in [6.45, 7) is 4.46. The number of rotatable bonds is 3. The maximum Gasteiger partial charge on any atom is 0.0319 e. The van der Waals surface area contributed by atoms with Crippen LogP contribution in [0.2, 0.25) is 0 Å². The topological polar surface area (TPSA) is 0 Å². The van der Waals surface area contributed by atoms with Crippen LogP contribution in [0.15, 0.2) is 15.9 Å². The Bertz CT molecular complexity index is 255. The van der Waals surface area contributed by atoms with Gasteiger partial charge in [0.1, 0.15) is 0 Å². The van der Waals surface area contributed by atoms with Gasteiger partial charge in [-0.05, 0) is 33.8 Å². The summed E-state index contributed by atoms with van der Waals surface area (Å²) in [7, 11) is 0. The van der Waals surface area contributed by atoms with E-state index in [1.165, 1.54) is 9.35 Å². The molecule has 0 fully saturated rings. The molecule has 12 heavy (non-hydrogen) atoms. The van der Waals surface area contributed by atoms with Gasteiger partial charge in [0.2, 0.25) is 0 Å². The Kier molecular flexibility index (Phi) is 3.62. The van der Waals surface area contributed by atoms with Crippen molar-refractivity contribution in [1.29, 1.82) is 0 Å². The van der Waals surface area contributed by atoms with Crippen LogP contribution in [0.1, 0.15) is 25.1 Å². The van der Waals surface area contributed by atoms with Gasteiger partial charge in [-0.1, -0.05) is 13.8 Å². The fourth-order valence-corrected chi connectivity index (χ4v) is 3.66. The molecule has 0 N–H and O–H groups in total. The van der Waals surface area contributed by atoms with E-state index in [0.717, 1.165) is 12.3 Å². The molecule has 1 aromatic heterocycles. The lowest BCUT2D eigenvalue weighted by Gasteiger charge is -2.22. The zero-order valence-corrected chi connectivity index (χ0v) is 10.4. The van der Waals surface area contributed by atoms with Gasteiger partial charge < -0.3 is 0 Å². The molecular formula is C9H12BrClS. The second kappa shape index (κ2) is 4.12. The van der Waals surface area contributed by atoms with Crippen molar-refractivity contribution in [2.24, 2.45) is 0 Å². The van der Waals surface area contributed by atoms with Crippen molar-refractivity contribution in [3.63, 3.8) is 0 Å². The minimum absolute atomic E-state index is 0.203. The molecule has 3 heteroatoms. The number of thiophene rings is 1. The van der Waals surface area contributed by atoms with Crippen LogP contribution in [-0.4, -0.2) is 5.88 Å². The Balaban J connectivity index is 2.88. The average molecular weight is 268 g/mol. The molecule has 0 radical (unpaired) electrons. The molecule has 0 unspecified atom stereocenters. The first-order valence-corrected chi connectivity index (χ1v) is 6.08. The summed E-state index contributed by atoms with van der Waals surface area (Å²) in [4.78, 5) is 1.39. The van der Waals surface area contributed by atoms with Crippen molar-refractivity contribution in [3.05, 3.63) is 20.8 Å². The normalized spacial score (nSPS) is 12.0. The molecule has 0 saturated heterocycles. The van der Waals surface area contributed by atoms with E-state index in [0.29, 0.717) is 0 Å². The molecule has 0 bridgehead atoms. The first-order valence-electron chi connectivity index (χ1n) is 3.87. The first-order chi connectivity index (χ1) is 5.58. The average Bonchev–Trinajstić information content (AvgIpc) is 2.35. The van der Waals surface area contributed by atoms with E-state index >= 15 is 0 Å². The molecule has 0 amide bonds. The predicted octanol–water partition coefficient (Wildman–Crippen LogP) is 4.42. The van der Waals surface area contributed by atoms with Crippen LogP contribution in [-0.2, 0) is 5.41 Å². The number of hydrogen-bond donors (Lipinski definition) is 0. The molecule has 68 valence electrons. The minimum atomic E-state index is 0.203. The van der Waals surface area contributed by atoms with Gasteiger partial charge in [-0.25, -0.2) is 0 Å². The van der Waals surface area contributed by atoms with Crippen LogP contribution < -0.4 is 0 Å². The van der Waals surface area contributed by atoms with Gasteiger partial charge in [-0.15, -0.1) is 22.9 Å². The van der Waals surface area contributed by atoms with Crippen LogP contribution in [0.5, 0.6) is 0 Å². The van der Waals surface area contributed by atoms with E-state index in [-0.39, 0.29) is 5.41 Å². The van der Waals surface area contributed by atoms with Crippen molar-refractivity contribution >= 4 is 38.9 Å².